The summed E-state index contributed by atoms with van der Waals surface area (Å²) in [4.78, 5) is 10.6. The van der Waals surface area contributed by atoms with Gasteiger partial charge in [-0.05, 0) is 19.1 Å². The van der Waals surface area contributed by atoms with Gasteiger partial charge in [0, 0.05) is 5.69 Å². The second-order valence-corrected chi connectivity index (χ2v) is 2.97. The van der Waals surface area contributed by atoms with E-state index in [2.05, 4.69) is 10.2 Å². The van der Waals surface area contributed by atoms with Crippen LogP contribution >= 0.6 is 0 Å². The molecule has 0 fully saturated rings. The summed E-state index contributed by atoms with van der Waals surface area (Å²) in [6.07, 6.45) is 0. The molecule has 1 aromatic carbocycles. The zero-order valence-electron chi connectivity index (χ0n) is 7.34. The molecule has 0 amide bonds. The molecule has 0 atom stereocenters. The molecule has 4 nitrogen and oxygen atoms in total. The number of rotatable bonds is 1. The highest BCUT2D eigenvalue weighted by Crippen LogP contribution is 2.21. The molecule has 0 aliphatic rings. The van der Waals surface area contributed by atoms with Crippen LogP contribution in [0.2, 0.25) is 0 Å². The van der Waals surface area contributed by atoms with Crippen LogP contribution in [0.5, 0.6) is 0 Å². The van der Waals surface area contributed by atoms with E-state index >= 15 is 0 Å². The van der Waals surface area contributed by atoms with Crippen molar-refractivity contribution >= 4 is 16.9 Å². The van der Waals surface area contributed by atoms with Crippen LogP contribution in [-0.4, -0.2) is 21.3 Å². The minimum Gasteiger partial charge on any atom is -0.478 e. The first-order valence-electron chi connectivity index (χ1n) is 3.97. The molecule has 2 rings (SSSR count). The first-order chi connectivity index (χ1) is 6.61. The van der Waals surface area contributed by atoms with E-state index in [1.165, 1.54) is 12.1 Å². The van der Waals surface area contributed by atoms with Gasteiger partial charge in [-0.15, -0.1) is 0 Å². The maximum Gasteiger partial charge on any atom is 0.338 e. The largest absolute Gasteiger partial charge is 0.478 e. The molecule has 0 saturated carbocycles. The maximum absolute atomic E-state index is 13.6. The van der Waals surface area contributed by atoms with Gasteiger partial charge in [-0.3, -0.25) is 5.10 Å². The number of carboxylic acids is 1. The van der Waals surface area contributed by atoms with Gasteiger partial charge < -0.3 is 5.11 Å². The molecule has 72 valence electrons. The lowest BCUT2D eigenvalue weighted by molar-refractivity contribution is 0.0692. The molecule has 0 unspecified atom stereocenters. The summed E-state index contributed by atoms with van der Waals surface area (Å²) in [6.45, 7) is 1.64. The van der Waals surface area contributed by atoms with Crippen molar-refractivity contribution in [2.45, 2.75) is 6.92 Å². The molecule has 14 heavy (non-hydrogen) atoms. The number of carbonyl (C=O) groups is 1. The standard InChI is InChI=1S/C9H7FN2O2/c1-4-7-6(12-11-4)3-2-5(8(7)10)9(13)14/h2-3H,1H3,(H,11,12)(H,13,14). The number of aromatic nitrogens is 2. The van der Waals surface area contributed by atoms with Crippen molar-refractivity contribution in [3.63, 3.8) is 0 Å². The van der Waals surface area contributed by atoms with E-state index < -0.39 is 11.8 Å². The lowest BCUT2D eigenvalue weighted by Gasteiger charge is -1.98. The Labute approximate surface area is 78.4 Å². The number of nitrogens with one attached hydrogen (secondary N) is 1. The fourth-order valence-corrected chi connectivity index (χ4v) is 1.38. The summed E-state index contributed by atoms with van der Waals surface area (Å²) >= 11 is 0. The van der Waals surface area contributed by atoms with Crippen molar-refractivity contribution in [3.05, 3.63) is 29.2 Å². The molecule has 2 aromatic rings. The van der Waals surface area contributed by atoms with Crippen molar-refractivity contribution in [1.82, 2.24) is 10.2 Å². The third kappa shape index (κ3) is 1.06. The Hall–Kier alpha value is -1.91. The van der Waals surface area contributed by atoms with Crippen LogP contribution in [0.15, 0.2) is 12.1 Å². The fraction of sp³-hybridized carbons (Fsp3) is 0.111. The number of aromatic carboxylic acids is 1. The van der Waals surface area contributed by atoms with Crippen molar-refractivity contribution in [2.24, 2.45) is 0 Å². The highest BCUT2D eigenvalue weighted by atomic mass is 19.1. The average molecular weight is 194 g/mol. The topological polar surface area (TPSA) is 66.0 Å². The number of nitrogens with zero attached hydrogens (tertiary/aromatic N) is 1. The molecule has 0 spiro atoms. The Morgan fingerprint density at radius 2 is 2.29 bits per heavy atom. The predicted octanol–water partition coefficient (Wildman–Crippen LogP) is 1.71. The second kappa shape index (κ2) is 2.80. The van der Waals surface area contributed by atoms with Gasteiger partial charge in [0.1, 0.15) is 5.82 Å². The van der Waals surface area contributed by atoms with Crippen LogP contribution in [0.3, 0.4) is 0 Å². The van der Waals surface area contributed by atoms with Gasteiger partial charge in [0.15, 0.2) is 0 Å². The van der Waals surface area contributed by atoms with Gasteiger partial charge in [-0.1, -0.05) is 0 Å². The number of benzene rings is 1. The summed E-state index contributed by atoms with van der Waals surface area (Å²) in [7, 11) is 0. The van der Waals surface area contributed by atoms with Gasteiger partial charge in [-0.25, -0.2) is 9.18 Å². The van der Waals surface area contributed by atoms with Crippen molar-refractivity contribution in [3.8, 4) is 0 Å². The number of hydrogen-bond acceptors (Lipinski definition) is 2. The van der Waals surface area contributed by atoms with E-state index in [0.717, 1.165) is 0 Å². The van der Waals surface area contributed by atoms with E-state index in [0.29, 0.717) is 11.2 Å². The predicted molar refractivity (Wildman–Crippen MR) is 47.7 cm³/mol. The number of H-pyrrole nitrogens is 1. The molecular weight excluding hydrogens is 187 g/mol. The van der Waals surface area contributed by atoms with Crippen LogP contribution in [0.4, 0.5) is 4.39 Å². The number of halogens is 1. The maximum atomic E-state index is 13.6. The normalized spacial score (nSPS) is 10.7. The Morgan fingerprint density at radius 1 is 1.57 bits per heavy atom. The molecule has 5 heteroatoms. The Morgan fingerprint density at radius 3 is 2.93 bits per heavy atom. The van der Waals surface area contributed by atoms with Crippen LogP contribution < -0.4 is 0 Å². The van der Waals surface area contributed by atoms with Crippen molar-refractivity contribution in [2.75, 3.05) is 0 Å². The molecule has 0 aliphatic carbocycles. The van der Waals surface area contributed by atoms with Gasteiger partial charge >= 0.3 is 5.97 Å². The minimum atomic E-state index is -1.27. The third-order valence-corrected chi connectivity index (χ3v) is 2.07. The molecule has 1 heterocycles. The molecule has 0 aliphatic heterocycles. The van der Waals surface area contributed by atoms with Gasteiger partial charge in [-0.2, -0.15) is 5.10 Å². The first-order valence-corrected chi connectivity index (χ1v) is 3.97. The summed E-state index contributed by atoms with van der Waals surface area (Å²) < 4.78 is 13.6. The molecule has 2 N–H and O–H groups in total. The number of fused-ring (bicyclic) bond motifs is 1. The van der Waals surface area contributed by atoms with Gasteiger partial charge in [0.05, 0.1) is 16.5 Å². The summed E-state index contributed by atoms with van der Waals surface area (Å²) in [5, 5.41) is 15.3. The second-order valence-electron chi connectivity index (χ2n) is 2.97. The summed E-state index contributed by atoms with van der Waals surface area (Å²) in [5.74, 6) is -2.01. The van der Waals surface area contributed by atoms with Crippen LogP contribution in [0, 0.1) is 12.7 Å². The zero-order valence-corrected chi connectivity index (χ0v) is 7.34. The van der Waals surface area contributed by atoms with Crippen LogP contribution in [0.25, 0.3) is 10.9 Å². The lowest BCUT2D eigenvalue weighted by Crippen LogP contribution is -2.00. The van der Waals surface area contributed by atoms with E-state index in [-0.39, 0.29) is 10.9 Å². The van der Waals surface area contributed by atoms with Gasteiger partial charge in [0.25, 0.3) is 0 Å². The Bertz CT molecular complexity index is 519. The van der Waals surface area contributed by atoms with Crippen molar-refractivity contribution < 1.29 is 14.3 Å². The van der Waals surface area contributed by atoms with E-state index in [1.807, 2.05) is 0 Å². The zero-order chi connectivity index (χ0) is 10.3. The number of aromatic amines is 1. The highest BCUT2D eigenvalue weighted by molar-refractivity contribution is 5.94. The molecule has 0 saturated heterocycles. The van der Waals surface area contributed by atoms with E-state index in [4.69, 9.17) is 5.11 Å². The Kier molecular flexibility index (Phi) is 1.73. The van der Waals surface area contributed by atoms with E-state index in [1.54, 1.807) is 6.92 Å². The van der Waals surface area contributed by atoms with Crippen LogP contribution in [0.1, 0.15) is 16.1 Å². The first kappa shape index (κ1) is 8.68. The van der Waals surface area contributed by atoms with Crippen molar-refractivity contribution in [1.29, 1.82) is 0 Å². The van der Waals surface area contributed by atoms with Gasteiger partial charge in [0.2, 0.25) is 0 Å². The Balaban J connectivity index is 2.86. The molecule has 1 aromatic heterocycles. The third-order valence-electron chi connectivity index (χ3n) is 2.07. The van der Waals surface area contributed by atoms with Crippen LogP contribution in [-0.2, 0) is 0 Å². The number of aryl methyl sites for hydroxylation is 1. The fourth-order valence-electron chi connectivity index (χ4n) is 1.38. The number of carboxylic acid groups (broad SMARTS) is 1. The quantitative estimate of drug-likeness (QED) is 0.726. The minimum absolute atomic E-state index is 0.241. The summed E-state index contributed by atoms with van der Waals surface area (Å²) in [5.41, 5.74) is 0.632. The number of hydrogen-bond donors (Lipinski definition) is 2. The molecular formula is C9H7FN2O2. The SMILES string of the molecule is Cc1[nH]nc2ccc(C(=O)O)c(F)c12. The van der Waals surface area contributed by atoms with E-state index in [9.17, 15) is 9.18 Å². The monoisotopic (exact) mass is 194 g/mol. The smallest absolute Gasteiger partial charge is 0.338 e. The molecule has 0 bridgehead atoms. The summed E-state index contributed by atoms with van der Waals surface area (Å²) in [6, 6.07) is 2.69. The average Bonchev–Trinajstić information content (AvgIpc) is 2.48. The molecule has 0 radical (unpaired) electrons. The highest BCUT2D eigenvalue weighted by Gasteiger charge is 2.16. The lowest BCUT2D eigenvalue weighted by atomic mass is 10.1.